The van der Waals surface area contributed by atoms with Gasteiger partial charge >= 0.3 is 5.97 Å². The van der Waals surface area contributed by atoms with Gasteiger partial charge in [-0.15, -0.1) is 0 Å². The van der Waals surface area contributed by atoms with Crippen LogP contribution < -0.4 is 10.1 Å². The lowest BCUT2D eigenvalue weighted by atomic mass is 10.1. The van der Waals surface area contributed by atoms with Crippen LogP contribution in [0.1, 0.15) is 21.7 Å². The number of furan rings is 1. The average Bonchev–Trinajstić information content (AvgIpc) is 2.97. The van der Waals surface area contributed by atoms with Gasteiger partial charge in [0.2, 0.25) is 0 Å². The molecule has 7 heteroatoms. The minimum atomic E-state index is -0.549. The second-order valence-corrected chi connectivity index (χ2v) is 5.54. The highest BCUT2D eigenvalue weighted by Crippen LogP contribution is 2.20. The zero-order valence-corrected chi connectivity index (χ0v) is 14.3. The average molecular weight is 382 g/mol. The van der Waals surface area contributed by atoms with E-state index >= 15 is 0 Å². The van der Waals surface area contributed by atoms with Crippen LogP contribution in [0.25, 0.3) is 0 Å². The first-order valence-corrected chi connectivity index (χ1v) is 7.61. The molecule has 1 aromatic carbocycles. The Bertz CT molecular complexity index is 710. The van der Waals surface area contributed by atoms with Gasteiger partial charge < -0.3 is 19.2 Å². The molecule has 122 valence electrons. The van der Waals surface area contributed by atoms with Crippen molar-refractivity contribution in [1.29, 1.82) is 0 Å². The van der Waals surface area contributed by atoms with Crippen LogP contribution in [0, 0.1) is 6.92 Å². The molecule has 23 heavy (non-hydrogen) atoms. The number of nitrogens with one attached hydrogen (secondary N) is 1. The molecule has 0 aliphatic heterocycles. The number of amides is 1. The van der Waals surface area contributed by atoms with E-state index in [9.17, 15) is 9.59 Å². The maximum atomic E-state index is 11.7. The zero-order valence-electron chi connectivity index (χ0n) is 12.7. The van der Waals surface area contributed by atoms with Crippen molar-refractivity contribution in [2.45, 2.75) is 13.5 Å². The van der Waals surface area contributed by atoms with E-state index in [-0.39, 0.29) is 18.9 Å². The Morgan fingerprint density at radius 2 is 2.04 bits per heavy atom. The first-order valence-electron chi connectivity index (χ1n) is 6.82. The van der Waals surface area contributed by atoms with Gasteiger partial charge in [-0.3, -0.25) is 9.59 Å². The van der Waals surface area contributed by atoms with E-state index in [0.29, 0.717) is 10.4 Å². The van der Waals surface area contributed by atoms with Crippen molar-refractivity contribution in [3.63, 3.8) is 0 Å². The minimum Gasteiger partial charge on any atom is -0.496 e. The van der Waals surface area contributed by atoms with Gasteiger partial charge in [-0.1, -0.05) is 11.6 Å². The van der Waals surface area contributed by atoms with Gasteiger partial charge in [0.15, 0.2) is 10.4 Å². The van der Waals surface area contributed by atoms with Crippen molar-refractivity contribution in [3.8, 4) is 5.75 Å². The second-order valence-electron chi connectivity index (χ2n) is 4.76. The third kappa shape index (κ3) is 4.85. The van der Waals surface area contributed by atoms with Crippen molar-refractivity contribution in [3.05, 3.63) is 51.9 Å². The number of esters is 1. The van der Waals surface area contributed by atoms with E-state index in [1.54, 1.807) is 13.2 Å². The van der Waals surface area contributed by atoms with Crippen LogP contribution in [-0.2, 0) is 16.1 Å². The summed E-state index contributed by atoms with van der Waals surface area (Å²) in [6.07, 6.45) is 0. The molecule has 6 nitrogen and oxygen atoms in total. The van der Waals surface area contributed by atoms with Crippen molar-refractivity contribution in [1.82, 2.24) is 5.32 Å². The largest absolute Gasteiger partial charge is 0.496 e. The van der Waals surface area contributed by atoms with Crippen LogP contribution in [0.5, 0.6) is 5.75 Å². The molecule has 0 saturated carbocycles. The molecule has 1 aromatic heterocycles. The van der Waals surface area contributed by atoms with Crippen molar-refractivity contribution in [2.75, 3.05) is 13.7 Å². The molecule has 0 saturated heterocycles. The summed E-state index contributed by atoms with van der Waals surface area (Å²) in [5.41, 5.74) is 1.80. The number of carbonyl (C=O) groups is 2. The van der Waals surface area contributed by atoms with Crippen LogP contribution in [0.4, 0.5) is 0 Å². The smallest absolute Gasteiger partial charge is 0.325 e. The maximum absolute atomic E-state index is 11.7. The molecule has 0 unspecified atom stereocenters. The van der Waals surface area contributed by atoms with E-state index in [4.69, 9.17) is 13.9 Å². The SMILES string of the molecule is COc1ccc(C)cc1COC(=O)CNC(=O)c1ccc(Br)o1. The highest BCUT2D eigenvalue weighted by molar-refractivity contribution is 9.10. The number of aryl methyl sites for hydroxylation is 1. The number of benzene rings is 1. The molecule has 0 aliphatic carbocycles. The van der Waals surface area contributed by atoms with Crippen LogP contribution in [0.2, 0.25) is 0 Å². The number of hydrogen-bond acceptors (Lipinski definition) is 5. The Balaban J connectivity index is 1.83. The first kappa shape index (κ1) is 17.1. The predicted molar refractivity (Wildman–Crippen MR) is 86.3 cm³/mol. The summed E-state index contributed by atoms with van der Waals surface area (Å²) in [6.45, 7) is 1.77. The molecule has 2 rings (SSSR count). The monoisotopic (exact) mass is 381 g/mol. The standard InChI is InChI=1S/C16H16BrNO5/c1-10-3-4-12(21-2)11(7-10)9-22-15(19)8-18-16(20)13-5-6-14(17)23-13/h3-7H,8-9H2,1-2H3,(H,18,20). The Labute approximate surface area is 141 Å². The Kier molecular flexibility index (Phi) is 5.81. The lowest BCUT2D eigenvalue weighted by Crippen LogP contribution is -2.30. The summed E-state index contributed by atoms with van der Waals surface area (Å²) in [7, 11) is 1.55. The van der Waals surface area contributed by atoms with E-state index in [1.807, 2.05) is 25.1 Å². The molecule has 1 amide bonds. The fourth-order valence-corrected chi connectivity index (χ4v) is 2.21. The minimum absolute atomic E-state index is 0.0753. The van der Waals surface area contributed by atoms with Crippen LogP contribution in [0.3, 0.4) is 0 Å². The lowest BCUT2D eigenvalue weighted by molar-refractivity contribution is -0.143. The molecule has 0 bridgehead atoms. The van der Waals surface area contributed by atoms with Crippen LogP contribution >= 0.6 is 15.9 Å². The topological polar surface area (TPSA) is 77.8 Å². The molecule has 1 heterocycles. The summed E-state index contributed by atoms with van der Waals surface area (Å²) < 4.78 is 15.9. The van der Waals surface area contributed by atoms with Gasteiger partial charge in [0.25, 0.3) is 5.91 Å². The zero-order chi connectivity index (χ0) is 16.8. The molecule has 0 radical (unpaired) electrons. The fourth-order valence-electron chi connectivity index (χ4n) is 1.91. The highest BCUT2D eigenvalue weighted by Gasteiger charge is 2.13. The van der Waals surface area contributed by atoms with E-state index < -0.39 is 11.9 Å². The van der Waals surface area contributed by atoms with Gasteiger partial charge in [0, 0.05) is 5.56 Å². The summed E-state index contributed by atoms with van der Waals surface area (Å²) in [5.74, 6) is -0.272. The Hall–Kier alpha value is -2.28. The number of rotatable bonds is 6. The van der Waals surface area contributed by atoms with Crippen molar-refractivity contribution in [2.24, 2.45) is 0 Å². The quantitative estimate of drug-likeness (QED) is 0.778. The molecule has 1 N–H and O–H groups in total. The fraction of sp³-hybridized carbons (Fsp3) is 0.250. The molecular formula is C16H16BrNO5. The second kappa shape index (κ2) is 7.82. The molecule has 0 spiro atoms. The number of ether oxygens (including phenoxy) is 2. The summed E-state index contributed by atoms with van der Waals surface area (Å²) in [5, 5.41) is 2.43. The third-order valence-electron chi connectivity index (χ3n) is 3.01. The predicted octanol–water partition coefficient (Wildman–Crippen LogP) is 2.83. The molecule has 0 atom stereocenters. The van der Waals surface area contributed by atoms with Gasteiger partial charge in [-0.2, -0.15) is 0 Å². The molecule has 0 aliphatic rings. The Morgan fingerprint density at radius 3 is 2.70 bits per heavy atom. The highest BCUT2D eigenvalue weighted by atomic mass is 79.9. The Morgan fingerprint density at radius 1 is 1.26 bits per heavy atom. The van der Waals surface area contributed by atoms with E-state index in [0.717, 1.165) is 11.1 Å². The number of hydrogen-bond donors (Lipinski definition) is 1. The van der Waals surface area contributed by atoms with Crippen molar-refractivity contribution < 1.29 is 23.5 Å². The van der Waals surface area contributed by atoms with Crippen molar-refractivity contribution >= 4 is 27.8 Å². The third-order valence-corrected chi connectivity index (χ3v) is 3.44. The van der Waals surface area contributed by atoms with Gasteiger partial charge in [-0.05, 0) is 47.1 Å². The van der Waals surface area contributed by atoms with Gasteiger partial charge in [0.1, 0.15) is 18.9 Å². The summed E-state index contributed by atoms with van der Waals surface area (Å²) in [6, 6.07) is 8.70. The molecular weight excluding hydrogens is 366 g/mol. The summed E-state index contributed by atoms with van der Waals surface area (Å²) >= 11 is 3.10. The van der Waals surface area contributed by atoms with E-state index in [2.05, 4.69) is 21.2 Å². The maximum Gasteiger partial charge on any atom is 0.325 e. The first-order chi connectivity index (χ1) is 11.0. The van der Waals surface area contributed by atoms with Crippen LogP contribution in [-0.4, -0.2) is 25.5 Å². The normalized spacial score (nSPS) is 10.2. The molecule has 2 aromatic rings. The van der Waals surface area contributed by atoms with Gasteiger partial charge in [0.05, 0.1) is 7.11 Å². The number of carbonyl (C=O) groups excluding carboxylic acids is 2. The lowest BCUT2D eigenvalue weighted by Gasteiger charge is -2.10. The van der Waals surface area contributed by atoms with Crippen LogP contribution in [0.15, 0.2) is 39.4 Å². The summed E-state index contributed by atoms with van der Waals surface area (Å²) in [4.78, 5) is 23.5. The molecule has 0 fully saturated rings. The van der Waals surface area contributed by atoms with E-state index in [1.165, 1.54) is 6.07 Å². The number of methoxy groups -OCH3 is 1. The number of halogens is 1. The van der Waals surface area contributed by atoms with Gasteiger partial charge in [-0.25, -0.2) is 0 Å².